The van der Waals surface area contributed by atoms with Crippen molar-refractivity contribution in [3.05, 3.63) is 24.3 Å². The molecule has 0 saturated heterocycles. The minimum atomic E-state index is -0.242. The van der Waals surface area contributed by atoms with Gasteiger partial charge in [0.1, 0.15) is 0 Å². The lowest BCUT2D eigenvalue weighted by atomic mass is 10.1. The molecule has 82 valence electrons. The molecule has 1 fully saturated rings. The molecule has 0 heterocycles. The molecule has 2 rings (SSSR count). The minimum Gasteiger partial charge on any atom is -0.465 e. The second-order valence-electron chi connectivity index (χ2n) is 4.04. The van der Waals surface area contributed by atoms with Gasteiger partial charge in [0, 0.05) is 11.3 Å². The summed E-state index contributed by atoms with van der Waals surface area (Å²) in [6, 6.07) is 0. The first-order chi connectivity index (χ1) is 7.27. The van der Waals surface area contributed by atoms with Crippen molar-refractivity contribution >= 4 is 5.97 Å². The van der Waals surface area contributed by atoms with Crippen molar-refractivity contribution in [3.8, 4) is 0 Å². The molecule has 1 unspecified atom stereocenters. The fourth-order valence-electron chi connectivity index (χ4n) is 1.92. The Morgan fingerprint density at radius 2 is 2.20 bits per heavy atom. The van der Waals surface area contributed by atoms with Gasteiger partial charge in [0.05, 0.1) is 19.6 Å². The summed E-state index contributed by atoms with van der Waals surface area (Å²) in [5.41, 5.74) is 0.199. The molecular formula is C11H15NO3. The zero-order valence-corrected chi connectivity index (χ0v) is 8.52. The van der Waals surface area contributed by atoms with Crippen molar-refractivity contribution < 1.29 is 14.4 Å². The van der Waals surface area contributed by atoms with Gasteiger partial charge in [-0.25, -0.2) is 5.90 Å². The van der Waals surface area contributed by atoms with Gasteiger partial charge >= 0.3 is 5.97 Å². The molecule has 0 amide bonds. The van der Waals surface area contributed by atoms with E-state index in [1.165, 1.54) is 0 Å². The second kappa shape index (κ2) is 4.16. The summed E-state index contributed by atoms with van der Waals surface area (Å²) < 4.78 is 5.11. The zero-order chi connectivity index (χ0) is 10.7. The predicted octanol–water partition coefficient (Wildman–Crippen LogP) is 0.942. The van der Waals surface area contributed by atoms with E-state index in [9.17, 15) is 4.79 Å². The van der Waals surface area contributed by atoms with Crippen LogP contribution in [0.2, 0.25) is 0 Å². The van der Waals surface area contributed by atoms with E-state index < -0.39 is 0 Å². The van der Waals surface area contributed by atoms with Gasteiger partial charge in [-0.1, -0.05) is 24.3 Å². The van der Waals surface area contributed by atoms with Gasteiger partial charge in [-0.05, 0) is 6.42 Å². The number of carbonyl (C=O) groups is 1. The summed E-state index contributed by atoms with van der Waals surface area (Å²) in [4.78, 5) is 15.4. The predicted molar refractivity (Wildman–Crippen MR) is 54.5 cm³/mol. The summed E-state index contributed by atoms with van der Waals surface area (Å²) in [5.74, 6) is 5.03. The summed E-state index contributed by atoms with van der Waals surface area (Å²) in [7, 11) is 0. The Balaban J connectivity index is 1.66. The third kappa shape index (κ3) is 2.27. The molecule has 0 aliphatic heterocycles. The topological polar surface area (TPSA) is 61.5 Å². The average Bonchev–Trinajstić information content (AvgIpc) is 2.67. The van der Waals surface area contributed by atoms with Gasteiger partial charge < -0.3 is 9.57 Å². The van der Waals surface area contributed by atoms with Crippen LogP contribution in [0.1, 0.15) is 12.8 Å². The Bertz CT molecular complexity index is 297. The van der Waals surface area contributed by atoms with Crippen LogP contribution in [0.25, 0.3) is 0 Å². The van der Waals surface area contributed by atoms with E-state index in [-0.39, 0.29) is 24.4 Å². The van der Waals surface area contributed by atoms with Crippen LogP contribution in [0.5, 0.6) is 0 Å². The Kier molecular flexibility index (Phi) is 2.88. The quantitative estimate of drug-likeness (QED) is 0.540. The number of hydrogen-bond donors (Lipinski definition) is 1. The highest BCUT2D eigenvalue weighted by Crippen LogP contribution is 2.56. The van der Waals surface area contributed by atoms with E-state index in [4.69, 9.17) is 10.6 Å². The number of allylic oxidation sites excluding steroid dienone is 4. The molecule has 0 radical (unpaired) electrons. The van der Waals surface area contributed by atoms with Gasteiger partial charge in [0.25, 0.3) is 0 Å². The molecule has 1 atom stereocenters. The number of hydrogen-bond acceptors (Lipinski definition) is 4. The molecule has 0 aromatic heterocycles. The number of ether oxygens (including phenoxy) is 1. The van der Waals surface area contributed by atoms with Crippen molar-refractivity contribution in [1.29, 1.82) is 0 Å². The smallest absolute Gasteiger partial charge is 0.308 e. The summed E-state index contributed by atoms with van der Waals surface area (Å²) >= 11 is 0. The fourth-order valence-corrected chi connectivity index (χ4v) is 1.92. The second-order valence-corrected chi connectivity index (χ2v) is 4.04. The van der Waals surface area contributed by atoms with E-state index in [2.05, 4.69) is 17.0 Å². The minimum absolute atomic E-state index is 0.199. The van der Waals surface area contributed by atoms with Gasteiger partial charge in [0.2, 0.25) is 0 Å². The molecular weight excluding hydrogens is 194 g/mol. The number of esters is 1. The van der Waals surface area contributed by atoms with Crippen molar-refractivity contribution in [2.75, 3.05) is 13.2 Å². The van der Waals surface area contributed by atoms with Crippen LogP contribution in [0.3, 0.4) is 0 Å². The highest BCUT2D eigenvalue weighted by molar-refractivity contribution is 5.69. The van der Waals surface area contributed by atoms with Crippen LogP contribution in [0, 0.1) is 11.3 Å². The Morgan fingerprint density at radius 3 is 2.87 bits per heavy atom. The van der Waals surface area contributed by atoms with Gasteiger partial charge in [0.15, 0.2) is 0 Å². The molecule has 2 aliphatic rings. The highest BCUT2D eigenvalue weighted by Gasteiger charge is 2.51. The van der Waals surface area contributed by atoms with Crippen LogP contribution >= 0.6 is 0 Å². The third-order valence-electron chi connectivity index (χ3n) is 2.99. The maximum absolute atomic E-state index is 11.1. The number of carbonyl (C=O) groups excluding carboxylic acids is 1. The van der Waals surface area contributed by atoms with Crippen molar-refractivity contribution in [1.82, 2.24) is 0 Å². The lowest BCUT2D eigenvalue weighted by Gasteiger charge is -2.05. The molecule has 15 heavy (non-hydrogen) atoms. The van der Waals surface area contributed by atoms with Gasteiger partial charge in [-0.3, -0.25) is 4.79 Å². The SMILES string of the molecule is NOCCC(=O)OCC1CC12C=CC=C2. The molecule has 1 spiro atoms. The average molecular weight is 209 g/mol. The van der Waals surface area contributed by atoms with Crippen molar-refractivity contribution in [3.63, 3.8) is 0 Å². The monoisotopic (exact) mass is 209 g/mol. The lowest BCUT2D eigenvalue weighted by Crippen LogP contribution is -2.13. The molecule has 2 aliphatic carbocycles. The summed E-state index contributed by atoms with van der Waals surface area (Å²) in [6.45, 7) is 0.715. The first-order valence-corrected chi connectivity index (χ1v) is 5.11. The largest absolute Gasteiger partial charge is 0.465 e. The first kappa shape index (κ1) is 10.4. The van der Waals surface area contributed by atoms with Gasteiger partial charge in [-0.15, -0.1) is 0 Å². The standard InChI is InChI=1S/C11H15NO3/c12-15-6-3-10(13)14-8-9-7-11(9)4-1-2-5-11/h1-2,4-5,9H,3,6-8,12H2. The van der Waals surface area contributed by atoms with Crippen LogP contribution in [-0.4, -0.2) is 19.2 Å². The summed E-state index contributed by atoms with van der Waals surface area (Å²) in [5, 5.41) is 0. The van der Waals surface area contributed by atoms with Crippen LogP contribution < -0.4 is 5.90 Å². The Labute approximate surface area is 88.7 Å². The highest BCUT2D eigenvalue weighted by atomic mass is 16.6. The Morgan fingerprint density at radius 1 is 1.47 bits per heavy atom. The normalized spacial score (nSPS) is 24.7. The van der Waals surface area contributed by atoms with Crippen LogP contribution in [0.4, 0.5) is 0 Å². The Hall–Kier alpha value is -1.13. The van der Waals surface area contributed by atoms with Crippen LogP contribution in [0.15, 0.2) is 24.3 Å². The van der Waals surface area contributed by atoms with E-state index in [1.807, 2.05) is 12.2 Å². The molecule has 0 bridgehead atoms. The van der Waals surface area contributed by atoms with Crippen LogP contribution in [-0.2, 0) is 14.4 Å². The zero-order valence-electron chi connectivity index (χ0n) is 8.52. The number of rotatable bonds is 5. The molecule has 0 aromatic rings. The molecule has 1 saturated carbocycles. The fraction of sp³-hybridized carbons (Fsp3) is 0.545. The molecule has 4 nitrogen and oxygen atoms in total. The maximum atomic E-state index is 11.1. The third-order valence-corrected chi connectivity index (χ3v) is 2.99. The van der Waals surface area contributed by atoms with E-state index in [0.29, 0.717) is 12.5 Å². The van der Waals surface area contributed by atoms with Gasteiger partial charge in [-0.2, -0.15) is 0 Å². The molecule has 4 heteroatoms. The van der Waals surface area contributed by atoms with E-state index in [0.717, 1.165) is 6.42 Å². The van der Waals surface area contributed by atoms with E-state index >= 15 is 0 Å². The van der Waals surface area contributed by atoms with E-state index in [1.54, 1.807) is 0 Å². The van der Waals surface area contributed by atoms with Crippen molar-refractivity contribution in [2.45, 2.75) is 12.8 Å². The molecule has 0 aromatic carbocycles. The summed E-state index contributed by atoms with van der Waals surface area (Å²) in [6.07, 6.45) is 9.75. The van der Waals surface area contributed by atoms with Crippen molar-refractivity contribution in [2.24, 2.45) is 17.2 Å². The lowest BCUT2D eigenvalue weighted by molar-refractivity contribution is -0.145. The first-order valence-electron chi connectivity index (χ1n) is 5.11. The molecule has 2 N–H and O–H groups in total. The number of nitrogens with two attached hydrogens (primary N) is 1. The maximum Gasteiger partial charge on any atom is 0.308 e.